The van der Waals surface area contributed by atoms with Gasteiger partial charge in [-0.2, -0.15) is 0 Å². The normalized spacial score (nSPS) is 24.1. The molecule has 1 nitrogen and oxygen atoms in total. The number of nitrogens with zero attached hydrogens (tertiary/aromatic N) is 1. The Labute approximate surface area is 76.5 Å². The molecule has 0 aromatic carbocycles. The van der Waals surface area contributed by atoms with Crippen LogP contribution in [0.4, 0.5) is 0 Å². The van der Waals surface area contributed by atoms with Crippen molar-refractivity contribution in [3.05, 3.63) is 11.8 Å². The molecule has 0 saturated carbocycles. The second-order valence-electron chi connectivity index (χ2n) is 4.37. The Morgan fingerprint density at radius 1 is 1.42 bits per heavy atom. The maximum atomic E-state index is 2.41. The third kappa shape index (κ3) is 2.26. The van der Waals surface area contributed by atoms with E-state index in [9.17, 15) is 0 Å². The van der Waals surface area contributed by atoms with Crippen molar-refractivity contribution in [1.29, 1.82) is 0 Å². The van der Waals surface area contributed by atoms with Gasteiger partial charge in [0.05, 0.1) is 0 Å². The Kier molecular flexibility index (Phi) is 3.19. The standard InChI is InChI=1S/C11H21N/c1-9(2)10-5-7-11(8-6-10)12(3)4/h7,9-10H,5-6,8H2,1-4H3. The summed E-state index contributed by atoms with van der Waals surface area (Å²) in [5.74, 6) is 1.78. The fraction of sp³-hybridized carbons (Fsp3) is 0.818. The lowest BCUT2D eigenvalue weighted by Crippen LogP contribution is -2.18. The molecule has 0 amide bonds. The molecule has 1 rings (SSSR count). The van der Waals surface area contributed by atoms with E-state index in [-0.39, 0.29) is 0 Å². The minimum absolute atomic E-state index is 0.852. The van der Waals surface area contributed by atoms with Crippen LogP contribution in [0.25, 0.3) is 0 Å². The van der Waals surface area contributed by atoms with E-state index in [1.807, 2.05) is 0 Å². The predicted octanol–water partition coefficient (Wildman–Crippen LogP) is 2.89. The van der Waals surface area contributed by atoms with Gasteiger partial charge in [-0.3, -0.25) is 0 Å². The van der Waals surface area contributed by atoms with Crippen LogP contribution in [-0.2, 0) is 0 Å². The van der Waals surface area contributed by atoms with Crippen molar-refractivity contribution in [2.75, 3.05) is 14.1 Å². The van der Waals surface area contributed by atoms with E-state index in [2.05, 4.69) is 38.9 Å². The Morgan fingerprint density at radius 2 is 2.08 bits per heavy atom. The van der Waals surface area contributed by atoms with E-state index in [1.54, 1.807) is 0 Å². The second-order valence-corrected chi connectivity index (χ2v) is 4.37. The van der Waals surface area contributed by atoms with Crippen LogP contribution in [0.2, 0.25) is 0 Å². The summed E-state index contributed by atoms with van der Waals surface area (Å²) in [5.41, 5.74) is 1.52. The van der Waals surface area contributed by atoms with Crippen molar-refractivity contribution < 1.29 is 0 Å². The molecule has 1 heteroatoms. The summed E-state index contributed by atoms with van der Waals surface area (Å²) in [5, 5.41) is 0. The number of allylic oxidation sites excluding steroid dienone is 2. The molecule has 0 spiro atoms. The van der Waals surface area contributed by atoms with Crippen LogP contribution in [-0.4, -0.2) is 19.0 Å². The zero-order valence-electron chi connectivity index (χ0n) is 8.80. The molecular weight excluding hydrogens is 146 g/mol. The van der Waals surface area contributed by atoms with E-state index in [0.29, 0.717) is 0 Å². The first-order valence-electron chi connectivity index (χ1n) is 4.97. The zero-order valence-corrected chi connectivity index (χ0v) is 8.80. The first-order valence-corrected chi connectivity index (χ1v) is 4.97. The molecule has 0 aromatic rings. The minimum Gasteiger partial charge on any atom is -0.381 e. The van der Waals surface area contributed by atoms with Crippen molar-refractivity contribution in [2.45, 2.75) is 33.1 Å². The Hall–Kier alpha value is -0.460. The van der Waals surface area contributed by atoms with Gasteiger partial charge in [0, 0.05) is 19.8 Å². The summed E-state index contributed by atoms with van der Waals surface area (Å²) in [4.78, 5) is 2.25. The van der Waals surface area contributed by atoms with Crippen LogP contribution in [0.15, 0.2) is 11.8 Å². The highest BCUT2D eigenvalue weighted by molar-refractivity contribution is 5.04. The molecule has 1 atom stereocenters. The molecule has 0 fully saturated rings. The summed E-state index contributed by atoms with van der Waals surface area (Å²) in [7, 11) is 4.28. The lowest BCUT2D eigenvalue weighted by Gasteiger charge is -2.28. The average Bonchev–Trinajstić information content (AvgIpc) is 2.04. The number of rotatable bonds is 2. The van der Waals surface area contributed by atoms with Crippen LogP contribution in [0.5, 0.6) is 0 Å². The number of hydrogen-bond acceptors (Lipinski definition) is 1. The fourth-order valence-corrected chi connectivity index (χ4v) is 1.85. The summed E-state index contributed by atoms with van der Waals surface area (Å²) in [6.07, 6.45) is 6.34. The quantitative estimate of drug-likeness (QED) is 0.611. The topological polar surface area (TPSA) is 3.24 Å². The molecule has 1 unspecified atom stereocenters. The third-order valence-corrected chi connectivity index (χ3v) is 2.94. The van der Waals surface area contributed by atoms with Crippen molar-refractivity contribution in [2.24, 2.45) is 11.8 Å². The van der Waals surface area contributed by atoms with Crippen LogP contribution < -0.4 is 0 Å². The van der Waals surface area contributed by atoms with Gasteiger partial charge in [-0.25, -0.2) is 0 Å². The molecular formula is C11H21N. The summed E-state index contributed by atoms with van der Waals surface area (Å²) in [6, 6.07) is 0. The molecule has 0 aromatic heterocycles. The van der Waals surface area contributed by atoms with E-state index in [1.165, 1.54) is 25.0 Å². The van der Waals surface area contributed by atoms with Gasteiger partial charge in [-0.05, 0) is 31.1 Å². The smallest absolute Gasteiger partial charge is 0.00871 e. The van der Waals surface area contributed by atoms with Crippen molar-refractivity contribution in [3.8, 4) is 0 Å². The molecule has 0 aliphatic heterocycles. The third-order valence-electron chi connectivity index (χ3n) is 2.94. The monoisotopic (exact) mass is 167 g/mol. The molecule has 70 valence electrons. The van der Waals surface area contributed by atoms with Crippen molar-refractivity contribution in [3.63, 3.8) is 0 Å². The SMILES string of the molecule is CC(C)C1CC=C(N(C)C)CC1. The molecule has 0 heterocycles. The number of hydrogen-bond donors (Lipinski definition) is 0. The van der Waals surface area contributed by atoms with Gasteiger partial charge < -0.3 is 4.90 Å². The lowest BCUT2D eigenvalue weighted by molar-refractivity contribution is 0.325. The van der Waals surface area contributed by atoms with E-state index in [4.69, 9.17) is 0 Å². The lowest BCUT2D eigenvalue weighted by atomic mass is 9.84. The Morgan fingerprint density at radius 3 is 2.42 bits per heavy atom. The van der Waals surface area contributed by atoms with E-state index < -0.39 is 0 Å². The molecule has 0 saturated heterocycles. The highest BCUT2D eigenvalue weighted by atomic mass is 15.1. The Bertz CT molecular complexity index is 168. The van der Waals surface area contributed by atoms with E-state index in [0.717, 1.165) is 11.8 Å². The van der Waals surface area contributed by atoms with Gasteiger partial charge in [0.2, 0.25) is 0 Å². The Balaban J connectivity index is 2.47. The molecule has 1 aliphatic carbocycles. The second kappa shape index (κ2) is 3.97. The molecule has 0 radical (unpaired) electrons. The van der Waals surface area contributed by atoms with Gasteiger partial charge in [0.1, 0.15) is 0 Å². The fourth-order valence-electron chi connectivity index (χ4n) is 1.85. The van der Waals surface area contributed by atoms with Gasteiger partial charge in [0.25, 0.3) is 0 Å². The van der Waals surface area contributed by atoms with Gasteiger partial charge in [-0.15, -0.1) is 0 Å². The van der Waals surface area contributed by atoms with E-state index >= 15 is 0 Å². The predicted molar refractivity (Wildman–Crippen MR) is 53.9 cm³/mol. The molecule has 0 N–H and O–H groups in total. The zero-order chi connectivity index (χ0) is 9.14. The minimum atomic E-state index is 0.852. The highest BCUT2D eigenvalue weighted by Crippen LogP contribution is 2.29. The highest BCUT2D eigenvalue weighted by Gasteiger charge is 2.17. The summed E-state index contributed by atoms with van der Waals surface area (Å²) in [6.45, 7) is 4.66. The largest absolute Gasteiger partial charge is 0.381 e. The van der Waals surface area contributed by atoms with Crippen LogP contribution in [0.1, 0.15) is 33.1 Å². The average molecular weight is 167 g/mol. The van der Waals surface area contributed by atoms with Crippen LogP contribution in [0, 0.1) is 11.8 Å². The first-order chi connectivity index (χ1) is 5.61. The molecule has 0 bridgehead atoms. The maximum absolute atomic E-state index is 2.41. The maximum Gasteiger partial charge on any atom is 0.00871 e. The van der Waals surface area contributed by atoms with Gasteiger partial charge in [-0.1, -0.05) is 19.9 Å². The van der Waals surface area contributed by atoms with Gasteiger partial charge >= 0.3 is 0 Å². The van der Waals surface area contributed by atoms with Crippen LogP contribution in [0.3, 0.4) is 0 Å². The summed E-state index contributed by atoms with van der Waals surface area (Å²) >= 11 is 0. The van der Waals surface area contributed by atoms with Gasteiger partial charge in [0.15, 0.2) is 0 Å². The molecule has 12 heavy (non-hydrogen) atoms. The van der Waals surface area contributed by atoms with Crippen molar-refractivity contribution >= 4 is 0 Å². The van der Waals surface area contributed by atoms with Crippen molar-refractivity contribution in [1.82, 2.24) is 4.90 Å². The summed E-state index contributed by atoms with van der Waals surface area (Å²) < 4.78 is 0. The first kappa shape index (κ1) is 9.63. The van der Waals surface area contributed by atoms with Crippen LogP contribution >= 0.6 is 0 Å². The molecule has 1 aliphatic rings.